The molecule has 0 unspecified atom stereocenters. The molecule has 162 valence electrons. The summed E-state index contributed by atoms with van der Waals surface area (Å²) in [6, 6.07) is 22.3. The Hall–Kier alpha value is -4.13. The highest BCUT2D eigenvalue weighted by atomic mass is 16.5. The van der Waals surface area contributed by atoms with E-state index < -0.39 is 0 Å². The van der Waals surface area contributed by atoms with Crippen molar-refractivity contribution in [1.82, 2.24) is 14.5 Å². The van der Waals surface area contributed by atoms with E-state index in [-0.39, 0.29) is 18.4 Å². The summed E-state index contributed by atoms with van der Waals surface area (Å²) in [6.45, 7) is 2.20. The minimum atomic E-state index is -0.286. The van der Waals surface area contributed by atoms with Crippen molar-refractivity contribution in [2.24, 2.45) is 0 Å². The Morgan fingerprint density at radius 2 is 1.72 bits per heavy atom. The lowest BCUT2D eigenvalue weighted by Gasteiger charge is -2.21. The van der Waals surface area contributed by atoms with Gasteiger partial charge >= 0.3 is 0 Å². The van der Waals surface area contributed by atoms with Crippen molar-refractivity contribution in [2.75, 3.05) is 25.5 Å². The van der Waals surface area contributed by atoms with E-state index in [1.807, 2.05) is 60.0 Å². The Morgan fingerprint density at radius 1 is 1.00 bits per heavy atom. The van der Waals surface area contributed by atoms with Gasteiger partial charge in [0.1, 0.15) is 18.6 Å². The zero-order valence-corrected chi connectivity index (χ0v) is 18.0. The molecule has 1 N–H and O–H groups in total. The first-order valence-corrected chi connectivity index (χ1v) is 10.4. The molecule has 1 aromatic heterocycles. The predicted molar refractivity (Wildman–Crippen MR) is 124 cm³/mol. The van der Waals surface area contributed by atoms with Crippen molar-refractivity contribution in [3.05, 3.63) is 84.7 Å². The number of hydrogen-bond donors (Lipinski definition) is 1. The van der Waals surface area contributed by atoms with Crippen LogP contribution >= 0.6 is 0 Å². The molecule has 2 amide bonds. The molecule has 1 heterocycles. The van der Waals surface area contributed by atoms with Crippen LogP contribution in [-0.2, 0) is 4.79 Å². The number of carbonyl (C=O) groups is 2. The normalized spacial score (nSPS) is 10.7. The van der Waals surface area contributed by atoms with Crippen molar-refractivity contribution in [2.45, 2.75) is 6.92 Å². The zero-order valence-electron chi connectivity index (χ0n) is 18.0. The van der Waals surface area contributed by atoms with Crippen molar-refractivity contribution < 1.29 is 14.3 Å². The van der Waals surface area contributed by atoms with E-state index in [0.717, 1.165) is 16.7 Å². The third-order valence-corrected chi connectivity index (χ3v) is 5.23. The molecule has 32 heavy (non-hydrogen) atoms. The Bertz CT molecular complexity index is 1250. The summed E-state index contributed by atoms with van der Waals surface area (Å²) in [6.07, 6.45) is 1.77. The van der Waals surface area contributed by atoms with Gasteiger partial charge in [-0.3, -0.25) is 14.2 Å². The number of fused-ring (bicyclic) bond motifs is 1. The summed E-state index contributed by atoms with van der Waals surface area (Å²) in [5.74, 6) is 0.0776. The molecule has 4 rings (SSSR count). The van der Waals surface area contributed by atoms with Crippen LogP contribution in [0.25, 0.3) is 16.7 Å². The average Bonchev–Trinajstić information content (AvgIpc) is 3.27. The lowest BCUT2D eigenvalue weighted by atomic mass is 10.1. The number of benzene rings is 3. The summed E-state index contributed by atoms with van der Waals surface area (Å²) < 4.78 is 7.24. The second kappa shape index (κ2) is 9.34. The highest BCUT2D eigenvalue weighted by Crippen LogP contribution is 2.23. The first-order valence-electron chi connectivity index (χ1n) is 10.4. The molecule has 0 aliphatic carbocycles. The van der Waals surface area contributed by atoms with Crippen LogP contribution in [0.4, 0.5) is 5.69 Å². The van der Waals surface area contributed by atoms with Gasteiger partial charge in [-0.2, -0.15) is 0 Å². The number of nitrogens with one attached hydrogen (secondary N) is 1. The van der Waals surface area contributed by atoms with E-state index in [4.69, 9.17) is 4.74 Å². The van der Waals surface area contributed by atoms with Crippen molar-refractivity contribution in [3.63, 3.8) is 0 Å². The van der Waals surface area contributed by atoms with Gasteiger partial charge in [-0.1, -0.05) is 24.3 Å². The number of ether oxygens (including phenoxy) is 1. The Balaban J connectivity index is 1.47. The molecule has 0 fully saturated rings. The van der Waals surface area contributed by atoms with Crippen molar-refractivity contribution >= 4 is 28.5 Å². The van der Waals surface area contributed by atoms with Gasteiger partial charge in [0.25, 0.3) is 5.91 Å². The third kappa shape index (κ3) is 4.32. The number of carbonyl (C=O) groups excluding carboxylic acids is 2. The SMILES string of the molecule is CCN(CC(=O)Nc1ccccc1OC)C(=O)c1ccc(-n2cnc3ccccc32)cc1. The van der Waals surface area contributed by atoms with Gasteiger partial charge < -0.3 is 15.0 Å². The molecule has 0 radical (unpaired) electrons. The van der Waals surface area contributed by atoms with Crippen LogP contribution in [0.5, 0.6) is 5.75 Å². The van der Waals surface area contributed by atoms with E-state index in [2.05, 4.69) is 10.3 Å². The van der Waals surface area contributed by atoms with Gasteiger partial charge in [0, 0.05) is 17.8 Å². The van der Waals surface area contributed by atoms with Crippen LogP contribution in [0.15, 0.2) is 79.1 Å². The summed E-state index contributed by atoms with van der Waals surface area (Å²) in [5, 5.41) is 2.81. The molecular formula is C25H24N4O3. The summed E-state index contributed by atoms with van der Waals surface area (Å²) >= 11 is 0. The summed E-state index contributed by atoms with van der Waals surface area (Å²) in [5.41, 5.74) is 3.90. The number of anilines is 1. The van der Waals surface area contributed by atoms with Crippen LogP contribution in [0.2, 0.25) is 0 Å². The van der Waals surface area contributed by atoms with Crippen molar-refractivity contribution in [3.8, 4) is 11.4 Å². The van der Waals surface area contributed by atoms with E-state index in [9.17, 15) is 9.59 Å². The quantitative estimate of drug-likeness (QED) is 0.480. The lowest BCUT2D eigenvalue weighted by molar-refractivity contribution is -0.116. The molecule has 0 spiro atoms. The van der Waals surface area contributed by atoms with Crippen LogP contribution in [0, 0.1) is 0 Å². The van der Waals surface area contributed by atoms with E-state index in [1.165, 1.54) is 4.90 Å². The van der Waals surface area contributed by atoms with Crippen LogP contribution < -0.4 is 10.1 Å². The minimum Gasteiger partial charge on any atom is -0.495 e. The minimum absolute atomic E-state index is 0.0543. The van der Waals surface area contributed by atoms with Gasteiger partial charge in [0.2, 0.25) is 5.91 Å². The van der Waals surface area contributed by atoms with Crippen LogP contribution in [0.3, 0.4) is 0 Å². The maximum absolute atomic E-state index is 13.0. The average molecular weight is 428 g/mol. The van der Waals surface area contributed by atoms with Gasteiger partial charge in [-0.25, -0.2) is 4.98 Å². The fourth-order valence-electron chi connectivity index (χ4n) is 3.55. The largest absolute Gasteiger partial charge is 0.495 e. The molecule has 0 bridgehead atoms. The fourth-order valence-corrected chi connectivity index (χ4v) is 3.55. The molecule has 7 nitrogen and oxygen atoms in total. The number of amides is 2. The molecule has 7 heteroatoms. The lowest BCUT2D eigenvalue weighted by Crippen LogP contribution is -2.37. The number of para-hydroxylation sites is 4. The molecular weight excluding hydrogens is 404 g/mol. The number of nitrogens with zero attached hydrogens (tertiary/aromatic N) is 3. The van der Waals surface area contributed by atoms with E-state index in [1.54, 1.807) is 37.7 Å². The number of methoxy groups -OCH3 is 1. The highest BCUT2D eigenvalue weighted by molar-refractivity contribution is 6.00. The zero-order chi connectivity index (χ0) is 22.5. The van der Waals surface area contributed by atoms with Crippen molar-refractivity contribution in [1.29, 1.82) is 0 Å². The number of likely N-dealkylation sites (N-methyl/N-ethyl adjacent to an activating group) is 1. The van der Waals surface area contributed by atoms with Gasteiger partial charge in [0.15, 0.2) is 0 Å². The van der Waals surface area contributed by atoms with Gasteiger partial charge in [0.05, 0.1) is 23.8 Å². The number of aromatic nitrogens is 2. The maximum atomic E-state index is 13.0. The predicted octanol–water partition coefficient (Wildman–Crippen LogP) is 4.13. The maximum Gasteiger partial charge on any atom is 0.254 e. The fraction of sp³-hybridized carbons (Fsp3) is 0.160. The monoisotopic (exact) mass is 428 g/mol. The molecule has 0 saturated carbocycles. The molecule has 4 aromatic rings. The second-order valence-electron chi connectivity index (χ2n) is 7.22. The number of imidazole rings is 1. The Labute approximate surface area is 186 Å². The van der Waals surface area contributed by atoms with Gasteiger partial charge in [-0.15, -0.1) is 0 Å². The highest BCUT2D eigenvalue weighted by Gasteiger charge is 2.18. The number of hydrogen-bond acceptors (Lipinski definition) is 4. The third-order valence-electron chi connectivity index (χ3n) is 5.23. The molecule has 0 aliphatic heterocycles. The number of rotatable bonds is 7. The molecule has 3 aromatic carbocycles. The molecule has 0 saturated heterocycles. The van der Waals surface area contributed by atoms with Crippen LogP contribution in [0.1, 0.15) is 17.3 Å². The van der Waals surface area contributed by atoms with E-state index >= 15 is 0 Å². The Kier molecular flexibility index (Phi) is 6.17. The standard InChI is InChI=1S/C25H24N4O3/c1-3-28(16-24(30)27-21-9-5-7-11-23(21)32-2)25(31)18-12-14-19(15-13-18)29-17-26-20-8-4-6-10-22(20)29/h4-15,17H,3,16H2,1-2H3,(H,27,30). The Morgan fingerprint density at radius 3 is 2.47 bits per heavy atom. The molecule has 0 atom stereocenters. The first kappa shape index (κ1) is 21.1. The molecule has 0 aliphatic rings. The smallest absolute Gasteiger partial charge is 0.254 e. The first-order chi connectivity index (χ1) is 15.6. The van der Waals surface area contributed by atoms with Crippen LogP contribution in [-0.4, -0.2) is 46.5 Å². The summed E-state index contributed by atoms with van der Waals surface area (Å²) in [7, 11) is 1.54. The van der Waals surface area contributed by atoms with Gasteiger partial charge in [-0.05, 0) is 55.5 Å². The summed E-state index contributed by atoms with van der Waals surface area (Å²) in [4.78, 5) is 31.5. The topological polar surface area (TPSA) is 76.5 Å². The second-order valence-corrected chi connectivity index (χ2v) is 7.22. The van der Waals surface area contributed by atoms with E-state index in [0.29, 0.717) is 23.5 Å².